The maximum absolute atomic E-state index is 3.52. The van der Waals surface area contributed by atoms with Gasteiger partial charge in [0.05, 0.1) is 0 Å². The second kappa shape index (κ2) is 9.03. The average molecular weight is 365 g/mol. The molecule has 0 aromatic heterocycles. The van der Waals surface area contributed by atoms with Crippen molar-refractivity contribution < 1.29 is 0 Å². The van der Waals surface area contributed by atoms with Crippen molar-refractivity contribution in [2.24, 2.45) is 0 Å². The van der Waals surface area contributed by atoms with Gasteiger partial charge in [0.1, 0.15) is 0 Å². The molecule has 1 fully saturated rings. The molecule has 1 saturated heterocycles. The molecule has 0 bridgehead atoms. The topological polar surface area (TPSA) is 13.0 Å². The van der Waals surface area contributed by atoms with Gasteiger partial charge in [-0.25, -0.2) is 0 Å². The van der Waals surface area contributed by atoms with Gasteiger partial charge in [-0.05, 0) is 76.2 Å². The SMILES string of the molecule is CCN(CC)c1ccc(N2[C]N(c3ccc(N(CC)CC)cc3)CC2)cc1. The minimum atomic E-state index is 0.961. The minimum absolute atomic E-state index is 0.961. The molecule has 1 aliphatic rings. The van der Waals surface area contributed by atoms with Gasteiger partial charge in [0.25, 0.3) is 0 Å². The Morgan fingerprint density at radius 1 is 0.630 bits per heavy atom. The van der Waals surface area contributed by atoms with Crippen LogP contribution >= 0.6 is 0 Å². The lowest BCUT2D eigenvalue weighted by atomic mass is 10.2. The van der Waals surface area contributed by atoms with E-state index in [0.717, 1.165) is 39.3 Å². The van der Waals surface area contributed by atoms with Gasteiger partial charge in [-0.15, -0.1) is 0 Å². The third-order valence-electron chi connectivity index (χ3n) is 5.37. The van der Waals surface area contributed by atoms with Crippen molar-refractivity contribution in [3.63, 3.8) is 0 Å². The predicted molar refractivity (Wildman–Crippen MR) is 118 cm³/mol. The minimum Gasteiger partial charge on any atom is -0.372 e. The number of benzene rings is 2. The molecule has 2 aromatic carbocycles. The normalized spacial score (nSPS) is 13.9. The highest BCUT2D eigenvalue weighted by Crippen LogP contribution is 2.29. The number of rotatable bonds is 8. The van der Waals surface area contributed by atoms with Gasteiger partial charge in [-0.1, -0.05) is 0 Å². The van der Waals surface area contributed by atoms with Gasteiger partial charge in [0.2, 0.25) is 6.67 Å². The van der Waals surface area contributed by atoms with E-state index in [2.05, 4.69) is 102 Å². The molecular formula is C23H32N4. The summed E-state index contributed by atoms with van der Waals surface area (Å²) in [5.74, 6) is 0. The fraction of sp³-hybridized carbons (Fsp3) is 0.435. The number of anilines is 4. The average Bonchev–Trinajstić information content (AvgIpc) is 3.21. The Labute approximate surface area is 165 Å². The molecule has 1 heterocycles. The highest BCUT2D eigenvalue weighted by molar-refractivity contribution is 5.63. The van der Waals surface area contributed by atoms with E-state index in [-0.39, 0.29) is 0 Å². The molecule has 0 saturated carbocycles. The van der Waals surface area contributed by atoms with Crippen molar-refractivity contribution in [3.05, 3.63) is 55.2 Å². The molecule has 2 radical (unpaired) electrons. The monoisotopic (exact) mass is 364 g/mol. The standard InChI is InChI=1S/C23H32N4/c1-5-24(6-2)20-9-13-22(14-10-20)26-17-18-27(19-26)23-15-11-21(12-16-23)25(7-3)8-4/h9-16H,5-8,17-18H2,1-4H3. The zero-order valence-electron chi connectivity index (χ0n) is 17.2. The van der Waals surface area contributed by atoms with Crippen LogP contribution in [0.3, 0.4) is 0 Å². The molecule has 0 atom stereocenters. The van der Waals surface area contributed by atoms with E-state index in [9.17, 15) is 0 Å². The van der Waals surface area contributed by atoms with Crippen LogP contribution in [-0.2, 0) is 0 Å². The van der Waals surface area contributed by atoms with Crippen molar-refractivity contribution in [1.82, 2.24) is 0 Å². The molecule has 4 nitrogen and oxygen atoms in total. The third-order valence-corrected chi connectivity index (χ3v) is 5.37. The quantitative estimate of drug-likeness (QED) is 0.673. The Hall–Kier alpha value is -2.36. The first-order chi connectivity index (χ1) is 13.2. The van der Waals surface area contributed by atoms with E-state index in [1.54, 1.807) is 0 Å². The molecule has 144 valence electrons. The number of hydrogen-bond donors (Lipinski definition) is 0. The molecule has 27 heavy (non-hydrogen) atoms. The second-order valence-electron chi connectivity index (χ2n) is 6.78. The van der Waals surface area contributed by atoms with Crippen LogP contribution in [0.25, 0.3) is 0 Å². The molecule has 1 aliphatic heterocycles. The molecule has 0 spiro atoms. The molecule has 0 unspecified atom stereocenters. The lowest BCUT2D eigenvalue weighted by molar-refractivity contribution is 0.866. The highest BCUT2D eigenvalue weighted by Gasteiger charge is 2.23. The summed E-state index contributed by atoms with van der Waals surface area (Å²) in [7, 11) is 0. The van der Waals surface area contributed by atoms with Crippen LogP contribution in [0.5, 0.6) is 0 Å². The molecule has 2 aromatic rings. The molecule has 0 N–H and O–H groups in total. The van der Waals surface area contributed by atoms with Crippen LogP contribution in [0.15, 0.2) is 48.5 Å². The summed E-state index contributed by atoms with van der Waals surface area (Å²) in [5, 5.41) is 0. The lowest BCUT2D eigenvalue weighted by Crippen LogP contribution is -2.22. The van der Waals surface area contributed by atoms with Crippen LogP contribution in [0.4, 0.5) is 22.7 Å². The van der Waals surface area contributed by atoms with Gasteiger partial charge >= 0.3 is 0 Å². The summed E-state index contributed by atoms with van der Waals surface area (Å²) in [6.07, 6.45) is 0. The van der Waals surface area contributed by atoms with E-state index in [0.29, 0.717) is 0 Å². The summed E-state index contributed by atoms with van der Waals surface area (Å²) in [6.45, 7) is 18.4. The Morgan fingerprint density at radius 2 is 0.963 bits per heavy atom. The first kappa shape index (κ1) is 19.4. The Balaban J connectivity index is 1.64. The molecule has 0 aliphatic carbocycles. The van der Waals surface area contributed by atoms with Crippen LogP contribution in [-0.4, -0.2) is 39.3 Å². The summed E-state index contributed by atoms with van der Waals surface area (Å²) in [6, 6.07) is 17.7. The zero-order chi connectivity index (χ0) is 19.2. The van der Waals surface area contributed by atoms with Gasteiger partial charge < -0.3 is 19.6 Å². The smallest absolute Gasteiger partial charge is 0.208 e. The van der Waals surface area contributed by atoms with Crippen LogP contribution in [0.2, 0.25) is 0 Å². The Morgan fingerprint density at radius 3 is 1.26 bits per heavy atom. The van der Waals surface area contributed by atoms with Crippen LogP contribution in [0.1, 0.15) is 27.7 Å². The first-order valence-corrected chi connectivity index (χ1v) is 10.2. The lowest BCUT2D eigenvalue weighted by Gasteiger charge is -2.24. The first-order valence-electron chi connectivity index (χ1n) is 10.2. The summed E-state index contributed by atoms with van der Waals surface area (Å²) in [5.41, 5.74) is 4.97. The fourth-order valence-corrected chi connectivity index (χ4v) is 3.68. The Kier molecular flexibility index (Phi) is 6.49. The maximum atomic E-state index is 3.52. The fourth-order valence-electron chi connectivity index (χ4n) is 3.68. The van der Waals surface area contributed by atoms with Gasteiger partial charge in [-0.3, -0.25) is 0 Å². The largest absolute Gasteiger partial charge is 0.372 e. The van der Waals surface area contributed by atoms with E-state index in [1.165, 1.54) is 22.7 Å². The summed E-state index contributed by atoms with van der Waals surface area (Å²) < 4.78 is 0. The molecular weight excluding hydrogens is 332 g/mol. The van der Waals surface area contributed by atoms with Gasteiger partial charge in [0.15, 0.2) is 0 Å². The predicted octanol–water partition coefficient (Wildman–Crippen LogP) is 4.70. The summed E-state index contributed by atoms with van der Waals surface area (Å²) in [4.78, 5) is 9.16. The number of hydrogen-bond acceptors (Lipinski definition) is 4. The van der Waals surface area contributed by atoms with E-state index < -0.39 is 0 Å². The van der Waals surface area contributed by atoms with Gasteiger partial charge in [-0.2, -0.15) is 0 Å². The van der Waals surface area contributed by atoms with Crippen LogP contribution in [0, 0.1) is 6.67 Å². The Bertz CT molecular complexity index is 626. The van der Waals surface area contributed by atoms with E-state index in [1.807, 2.05) is 0 Å². The van der Waals surface area contributed by atoms with Crippen molar-refractivity contribution in [1.29, 1.82) is 0 Å². The maximum Gasteiger partial charge on any atom is 0.208 e. The molecule has 0 amide bonds. The van der Waals surface area contributed by atoms with Crippen LogP contribution < -0.4 is 19.6 Å². The third kappa shape index (κ3) is 4.32. The molecule has 4 heteroatoms. The highest BCUT2D eigenvalue weighted by atomic mass is 15.4. The van der Waals surface area contributed by atoms with Crippen molar-refractivity contribution in [3.8, 4) is 0 Å². The zero-order valence-corrected chi connectivity index (χ0v) is 17.2. The molecule has 3 rings (SSSR count). The van der Waals surface area contributed by atoms with E-state index >= 15 is 0 Å². The van der Waals surface area contributed by atoms with Crippen molar-refractivity contribution in [2.75, 3.05) is 58.9 Å². The van der Waals surface area contributed by atoms with Gasteiger partial charge in [0, 0.05) is 62.0 Å². The van der Waals surface area contributed by atoms with E-state index in [4.69, 9.17) is 0 Å². The van der Waals surface area contributed by atoms with Crippen molar-refractivity contribution >= 4 is 22.7 Å². The number of nitrogens with zero attached hydrogens (tertiary/aromatic N) is 4. The summed E-state index contributed by atoms with van der Waals surface area (Å²) >= 11 is 0. The second-order valence-corrected chi connectivity index (χ2v) is 6.78. The van der Waals surface area contributed by atoms with Crippen molar-refractivity contribution in [2.45, 2.75) is 27.7 Å².